The number of ether oxygens (including phenoxy) is 2. The highest BCUT2D eigenvalue weighted by Crippen LogP contribution is 2.27. The van der Waals surface area contributed by atoms with Gasteiger partial charge in [0, 0.05) is 24.7 Å². The molecule has 0 spiro atoms. The van der Waals surface area contributed by atoms with Crippen molar-refractivity contribution >= 4 is 22.4 Å². The number of aliphatic hydroxyl groups excluding tert-OH is 1. The standard InChI is InChI=1S/C22H29N5O3/c1-15-14-29-11-9-27(15)19-12-16(13-28)17-6-8-24-22(21(17)26-19)18(5-7-23)25-20-4-2-3-10-30-20/h5-8,12,15,20,28H,2-4,9-11,13-14,23H2,1H3. The van der Waals surface area contributed by atoms with Crippen molar-refractivity contribution in [3.63, 3.8) is 0 Å². The number of anilines is 1. The fourth-order valence-electron chi connectivity index (χ4n) is 3.99. The van der Waals surface area contributed by atoms with Crippen LogP contribution in [0.15, 0.2) is 35.6 Å². The third kappa shape index (κ3) is 4.30. The maximum absolute atomic E-state index is 10.0. The molecule has 0 radical (unpaired) electrons. The molecule has 2 aromatic heterocycles. The summed E-state index contributed by atoms with van der Waals surface area (Å²) >= 11 is 0. The van der Waals surface area contributed by atoms with Gasteiger partial charge in [0.05, 0.1) is 31.6 Å². The molecular weight excluding hydrogens is 382 g/mol. The highest BCUT2D eigenvalue weighted by molar-refractivity contribution is 6.14. The first-order valence-electron chi connectivity index (χ1n) is 10.5. The lowest BCUT2D eigenvalue weighted by Crippen LogP contribution is -2.44. The Labute approximate surface area is 176 Å². The number of fused-ring (bicyclic) bond motifs is 1. The van der Waals surface area contributed by atoms with Crippen LogP contribution in [0.4, 0.5) is 5.82 Å². The zero-order valence-electron chi connectivity index (χ0n) is 17.3. The Hall–Kier alpha value is -2.55. The van der Waals surface area contributed by atoms with E-state index in [1.54, 1.807) is 12.3 Å². The maximum atomic E-state index is 10.0. The number of hydrogen-bond acceptors (Lipinski definition) is 8. The van der Waals surface area contributed by atoms with Gasteiger partial charge in [0.15, 0.2) is 0 Å². The smallest absolute Gasteiger partial charge is 0.149 e. The van der Waals surface area contributed by atoms with E-state index < -0.39 is 0 Å². The van der Waals surface area contributed by atoms with E-state index in [9.17, 15) is 5.11 Å². The minimum atomic E-state index is -0.207. The predicted octanol–water partition coefficient (Wildman–Crippen LogP) is 2.14. The van der Waals surface area contributed by atoms with Crippen LogP contribution in [0.25, 0.3) is 10.9 Å². The molecule has 2 aliphatic heterocycles. The number of pyridine rings is 2. The van der Waals surface area contributed by atoms with E-state index in [4.69, 9.17) is 25.2 Å². The van der Waals surface area contributed by atoms with Gasteiger partial charge in [0.25, 0.3) is 0 Å². The molecule has 0 amide bonds. The molecule has 2 aliphatic rings. The number of nitrogens with two attached hydrogens (primary N) is 1. The molecule has 4 rings (SSSR count). The summed E-state index contributed by atoms with van der Waals surface area (Å²) in [6.45, 7) is 4.79. The second-order valence-corrected chi connectivity index (χ2v) is 7.67. The zero-order valence-corrected chi connectivity index (χ0v) is 17.3. The number of hydrogen-bond donors (Lipinski definition) is 2. The minimum Gasteiger partial charge on any atom is -0.405 e. The summed E-state index contributed by atoms with van der Waals surface area (Å²) in [4.78, 5) is 16.5. The molecule has 0 saturated carbocycles. The molecule has 8 heteroatoms. The maximum Gasteiger partial charge on any atom is 0.149 e. The Morgan fingerprint density at radius 1 is 1.40 bits per heavy atom. The highest BCUT2D eigenvalue weighted by Gasteiger charge is 2.23. The highest BCUT2D eigenvalue weighted by atomic mass is 16.5. The number of morpholine rings is 1. The molecule has 3 N–H and O–H groups in total. The Kier molecular flexibility index (Phi) is 6.56. The van der Waals surface area contributed by atoms with Crippen LogP contribution < -0.4 is 10.6 Å². The molecule has 160 valence electrons. The summed E-state index contributed by atoms with van der Waals surface area (Å²) in [6.07, 6.45) is 7.73. The summed E-state index contributed by atoms with van der Waals surface area (Å²) in [5.74, 6) is 0.807. The topological polar surface area (TPSA) is 106 Å². The summed E-state index contributed by atoms with van der Waals surface area (Å²) in [5.41, 5.74) is 8.51. The fourth-order valence-corrected chi connectivity index (χ4v) is 3.99. The van der Waals surface area contributed by atoms with E-state index in [0.29, 0.717) is 36.7 Å². The molecule has 0 aliphatic carbocycles. The minimum absolute atomic E-state index is 0.0842. The SMILES string of the molecule is CC1COCCN1c1cc(CO)c2ccnc(C(C=CN)=NC3CCCCO3)c2n1. The Morgan fingerprint density at radius 3 is 3.03 bits per heavy atom. The van der Waals surface area contributed by atoms with Crippen LogP contribution in [0.5, 0.6) is 0 Å². The zero-order chi connectivity index (χ0) is 20.9. The van der Waals surface area contributed by atoms with Gasteiger partial charge in [-0.05, 0) is 56.2 Å². The number of rotatable bonds is 5. The third-order valence-electron chi connectivity index (χ3n) is 5.57. The molecule has 2 fully saturated rings. The van der Waals surface area contributed by atoms with Gasteiger partial charge >= 0.3 is 0 Å². The third-order valence-corrected chi connectivity index (χ3v) is 5.57. The molecule has 2 aromatic rings. The second-order valence-electron chi connectivity index (χ2n) is 7.67. The summed E-state index contributed by atoms with van der Waals surface area (Å²) in [5, 5.41) is 10.9. The largest absolute Gasteiger partial charge is 0.405 e. The molecule has 0 bridgehead atoms. The average molecular weight is 412 g/mol. The lowest BCUT2D eigenvalue weighted by molar-refractivity contribution is 0.0224. The Balaban J connectivity index is 1.84. The van der Waals surface area contributed by atoms with E-state index in [2.05, 4.69) is 16.8 Å². The molecule has 8 nitrogen and oxygen atoms in total. The van der Waals surface area contributed by atoms with Gasteiger partial charge in [-0.25, -0.2) is 4.98 Å². The van der Waals surface area contributed by atoms with Crippen LogP contribution in [0.2, 0.25) is 0 Å². The van der Waals surface area contributed by atoms with Crippen LogP contribution in [0.3, 0.4) is 0 Å². The first kappa shape index (κ1) is 20.7. The van der Waals surface area contributed by atoms with Crippen LogP contribution in [-0.2, 0) is 16.1 Å². The first-order chi connectivity index (χ1) is 14.7. The van der Waals surface area contributed by atoms with Crippen molar-refractivity contribution in [2.45, 2.75) is 45.1 Å². The number of nitrogens with zero attached hydrogens (tertiary/aromatic N) is 4. The molecule has 2 saturated heterocycles. The molecule has 30 heavy (non-hydrogen) atoms. The van der Waals surface area contributed by atoms with Crippen molar-refractivity contribution < 1.29 is 14.6 Å². The van der Waals surface area contributed by atoms with Crippen LogP contribution in [-0.4, -0.2) is 59.4 Å². The van der Waals surface area contributed by atoms with Crippen molar-refractivity contribution in [3.05, 3.63) is 41.9 Å². The number of aromatic nitrogens is 2. The molecule has 2 unspecified atom stereocenters. The van der Waals surface area contributed by atoms with E-state index in [0.717, 1.165) is 42.6 Å². The fraction of sp³-hybridized carbons (Fsp3) is 0.500. The van der Waals surface area contributed by atoms with E-state index in [1.165, 1.54) is 6.20 Å². The van der Waals surface area contributed by atoms with E-state index >= 15 is 0 Å². The van der Waals surface area contributed by atoms with Gasteiger partial charge in [0.2, 0.25) is 0 Å². The molecular formula is C22H29N5O3. The Bertz CT molecular complexity index is 940. The lowest BCUT2D eigenvalue weighted by Gasteiger charge is -2.34. The van der Waals surface area contributed by atoms with Gasteiger partial charge in [-0.1, -0.05) is 0 Å². The molecule has 4 heterocycles. The summed E-state index contributed by atoms with van der Waals surface area (Å²) in [6, 6.07) is 4.03. The van der Waals surface area contributed by atoms with Crippen LogP contribution in [0, 0.1) is 0 Å². The van der Waals surface area contributed by atoms with Crippen molar-refractivity contribution in [1.82, 2.24) is 9.97 Å². The summed E-state index contributed by atoms with van der Waals surface area (Å²) < 4.78 is 11.4. The van der Waals surface area contributed by atoms with Gasteiger partial charge in [0.1, 0.15) is 23.3 Å². The van der Waals surface area contributed by atoms with Crippen molar-refractivity contribution in [1.29, 1.82) is 0 Å². The number of aliphatic hydroxyl groups is 1. The number of aliphatic imine (C=N–C) groups is 1. The second kappa shape index (κ2) is 9.51. The van der Waals surface area contributed by atoms with E-state index in [1.807, 2.05) is 12.1 Å². The quantitative estimate of drug-likeness (QED) is 0.726. The molecule has 0 aromatic carbocycles. The van der Waals surface area contributed by atoms with Crippen LogP contribution in [0.1, 0.15) is 37.4 Å². The summed E-state index contributed by atoms with van der Waals surface area (Å²) in [7, 11) is 0. The van der Waals surface area contributed by atoms with Crippen molar-refractivity contribution in [2.75, 3.05) is 31.3 Å². The van der Waals surface area contributed by atoms with Gasteiger partial charge in [-0.15, -0.1) is 0 Å². The normalized spacial score (nSPS) is 23.4. The van der Waals surface area contributed by atoms with E-state index in [-0.39, 0.29) is 18.9 Å². The van der Waals surface area contributed by atoms with Gasteiger partial charge in [-0.3, -0.25) is 9.98 Å². The first-order valence-corrected chi connectivity index (χ1v) is 10.5. The number of allylic oxidation sites excluding steroid dienone is 1. The average Bonchev–Trinajstić information content (AvgIpc) is 2.78. The monoisotopic (exact) mass is 411 g/mol. The predicted molar refractivity (Wildman–Crippen MR) is 117 cm³/mol. The lowest BCUT2D eigenvalue weighted by atomic mass is 10.1. The van der Waals surface area contributed by atoms with Crippen LogP contribution >= 0.6 is 0 Å². The Morgan fingerprint density at radius 2 is 2.30 bits per heavy atom. The van der Waals surface area contributed by atoms with Gasteiger partial charge in [-0.2, -0.15) is 0 Å². The molecule has 2 atom stereocenters. The van der Waals surface area contributed by atoms with Crippen molar-refractivity contribution in [2.24, 2.45) is 10.7 Å². The van der Waals surface area contributed by atoms with Gasteiger partial charge < -0.3 is 25.2 Å². The van der Waals surface area contributed by atoms with Crippen molar-refractivity contribution in [3.8, 4) is 0 Å².